The lowest BCUT2D eigenvalue weighted by molar-refractivity contribution is -0.0194. The van der Waals surface area contributed by atoms with Gasteiger partial charge in [-0.05, 0) is 49.2 Å². The van der Waals surface area contributed by atoms with Gasteiger partial charge in [0, 0.05) is 17.5 Å². The second-order valence-corrected chi connectivity index (χ2v) is 8.00. The highest BCUT2D eigenvalue weighted by molar-refractivity contribution is 6.32. The minimum absolute atomic E-state index is 0.125. The van der Waals surface area contributed by atoms with Crippen molar-refractivity contribution in [2.45, 2.75) is 32.5 Å². The average Bonchev–Trinajstić information content (AvgIpc) is 3.21. The molecule has 0 saturated carbocycles. The molecule has 3 aromatic carbocycles. The van der Waals surface area contributed by atoms with Crippen LogP contribution in [0.15, 0.2) is 71.8 Å². The highest BCUT2D eigenvalue weighted by Crippen LogP contribution is 2.48. The Morgan fingerprint density at radius 1 is 1.07 bits per heavy atom. The lowest BCUT2D eigenvalue weighted by Gasteiger charge is -2.38. The summed E-state index contributed by atoms with van der Waals surface area (Å²) in [5, 5.41) is 7.73. The van der Waals surface area contributed by atoms with E-state index in [-0.39, 0.29) is 12.3 Å². The van der Waals surface area contributed by atoms with Crippen molar-refractivity contribution >= 4 is 17.3 Å². The number of aryl methyl sites for hydroxylation is 1. The van der Waals surface area contributed by atoms with Gasteiger partial charge in [0.1, 0.15) is 11.5 Å². The highest BCUT2D eigenvalue weighted by Gasteiger charge is 2.41. The Hall–Kier alpha value is -2.98. The second-order valence-electron chi connectivity index (χ2n) is 7.59. The fraction of sp³-hybridized carbons (Fsp3) is 0.240. The van der Waals surface area contributed by atoms with Gasteiger partial charge in [0.05, 0.1) is 23.4 Å². The molecule has 3 aromatic rings. The molecule has 0 amide bonds. The molecule has 30 heavy (non-hydrogen) atoms. The number of fused-ring (bicyclic) bond motifs is 3. The molecule has 0 saturated heterocycles. The monoisotopic (exact) mass is 418 g/mol. The Kier molecular flexibility index (Phi) is 4.87. The summed E-state index contributed by atoms with van der Waals surface area (Å²) in [6.07, 6.45) is 0.536. The van der Waals surface area contributed by atoms with Crippen LogP contribution in [0, 0.1) is 6.92 Å². The Morgan fingerprint density at radius 3 is 2.60 bits per heavy atom. The molecule has 5 rings (SSSR count). The quantitative estimate of drug-likeness (QED) is 0.499. The van der Waals surface area contributed by atoms with E-state index in [0.717, 1.165) is 34.6 Å². The van der Waals surface area contributed by atoms with Crippen LogP contribution in [0.2, 0.25) is 5.02 Å². The van der Waals surface area contributed by atoms with Crippen LogP contribution < -0.4 is 9.47 Å². The Bertz CT molecular complexity index is 1130. The lowest BCUT2D eigenvalue weighted by Crippen LogP contribution is -2.34. The summed E-state index contributed by atoms with van der Waals surface area (Å²) in [6.45, 7) is 4.65. The Labute approximate surface area is 181 Å². The number of para-hydroxylation sites is 1. The molecule has 0 aliphatic carbocycles. The third kappa shape index (κ3) is 3.21. The van der Waals surface area contributed by atoms with Gasteiger partial charge < -0.3 is 9.47 Å². The molecule has 0 aromatic heterocycles. The molecule has 0 spiro atoms. The van der Waals surface area contributed by atoms with Gasteiger partial charge in [0.2, 0.25) is 6.23 Å². The summed E-state index contributed by atoms with van der Waals surface area (Å²) >= 11 is 6.45. The highest BCUT2D eigenvalue weighted by atomic mass is 35.5. The maximum Gasteiger partial charge on any atom is 0.214 e. The largest absolute Gasteiger partial charge is 0.492 e. The number of ether oxygens (including phenoxy) is 2. The van der Waals surface area contributed by atoms with E-state index in [2.05, 4.69) is 36.2 Å². The van der Waals surface area contributed by atoms with Crippen LogP contribution in [0.5, 0.6) is 11.5 Å². The van der Waals surface area contributed by atoms with Crippen LogP contribution in [-0.4, -0.2) is 17.3 Å². The van der Waals surface area contributed by atoms with E-state index in [1.165, 1.54) is 5.56 Å². The smallest absolute Gasteiger partial charge is 0.214 e. The van der Waals surface area contributed by atoms with Crippen molar-refractivity contribution in [2.24, 2.45) is 5.10 Å². The zero-order valence-electron chi connectivity index (χ0n) is 17.0. The van der Waals surface area contributed by atoms with Crippen LogP contribution in [0.1, 0.15) is 47.9 Å². The van der Waals surface area contributed by atoms with Crippen LogP contribution in [0.25, 0.3) is 0 Å². The fourth-order valence-electron chi connectivity index (χ4n) is 4.23. The molecule has 5 heteroatoms. The van der Waals surface area contributed by atoms with Gasteiger partial charge >= 0.3 is 0 Å². The van der Waals surface area contributed by atoms with Crippen LogP contribution in [0.3, 0.4) is 0 Å². The van der Waals surface area contributed by atoms with E-state index >= 15 is 0 Å². The van der Waals surface area contributed by atoms with E-state index in [9.17, 15) is 0 Å². The first kappa shape index (κ1) is 19.0. The average molecular weight is 419 g/mol. The van der Waals surface area contributed by atoms with Gasteiger partial charge in [-0.1, -0.05) is 54.1 Å². The number of rotatable bonds is 4. The fourth-order valence-corrected chi connectivity index (χ4v) is 4.47. The van der Waals surface area contributed by atoms with Crippen LogP contribution in [0.4, 0.5) is 0 Å². The first-order valence-corrected chi connectivity index (χ1v) is 10.6. The van der Waals surface area contributed by atoms with E-state index in [0.29, 0.717) is 17.4 Å². The van der Waals surface area contributed by atoms with E-state index in [1.54, 1.807) is 0 Å². The van der Waals surface area contributed by atoms with Crippen molar-refractivity contribution in [1.29, 1.82) is 0 Å². The Balaban J connectivity index is 1.56. The molecule has 0 fully saturated rings. The molecule has 152 valence electrons. The van der Waals surface area contributed by atoms with Crippen molar-refractivity contribution in [2.75, 3.05) is 6.61 Å². The molecule has 2 aliphatic heterocycles. The van der Waals surface area contributed by atoms with Crippen molar-refractivity contribution in [3.8, 4) is 11.5 Å². The molecule has 2 aliphatic rings. The second kappa shape index (κ2) is 7.69. The predicted molar refractivity (Wildman–Crippen MR) is 119 cm³/mol. The van der Waals surface area contributed by atoms with E-state index in [1.807, 2.05) is 49.4 Å². The lowest BCUT2D eigenvalue weighted by atomic mass is 9.95. The molecule has 2 heterocycles. The number of nitrogens with zero attached hydrogens (tertiary/aromatic N) is 2. The standard InChI is InChI=1S/C25H23ClN2O2/c1-3-29-24-13-12-17(14-20(24)26)21-15-22-19-10-6-7-11-23(19)30-25(28(22)27-21)18-9-5-4-8-16(18)2/h4-14,22,25H,3,15H2,1-2H3/t22-,25-/m0/s1. The maximum atomic E-state index is 6.45. The first-order valence-electron chi connectivity index (χ1n) is 10.3. The molecular weight excluding hydrogens is 396 g/mol. The summed E-state index contributed by atoms with van der Waals surface area (Å²) in [5.74, 6) is 1.62. The van der Waals surface area contributed by atoms with Crippen molar-refractivity contribution in [3.05, 3.63) is 94.0 Å². The summed E-state index contributed by atoms with van der Waals surface area (Å²) in [5.41, 5.74) is 5.50. The zero-order valence-corrected chi connectivity index (χ0v) is 17.8. The zero-order chi connectivity index (χ0) is 20.7. The van der Waals surface area contributed by atoms with Gasteiger partial charge in [-0.2, -0.15) is 5.10 Å². The predicted octanol–water partition coefficient (Wildman–Crippen LogP) is 6.29. The normalized spacial score (nSPS) is 19.6. The van der Waals surface area contributed by atoms with Gasteiger partial charge in [-0.25, -0.2) is 5.01 Å². The molecule has 4 nitrogen and oxygen atoms in total. The number of halogens is 1. The SMILES string of the molecule is CCOc1ccc(C2=NN3[C@@H](C2)c2ccccc2O[C@H]3c2ccccc2C)cc1Cl. The third-order valence-electron chi connectivity index (χ3n) is 5.72. The summed E-state index contributed by atoms with van der Waals surface area (Å²) in [7, 11) is 0. The van der Waals surface area contributed by atoms with E-state index < -0.39 is 0 Å². The Morgan fingerprint density at radius 2 is 1.83 bits per heavy atom. The van der Waals surface area contributed by atoms with Crippen LogP contribution in [-0.2, 0) is 0 Å². The first-order chi connectivity index (χ1) is 14.7. The topological polar surface area (TPSA) is 34.1 Å². The number of hydrazone groups is 1. The van der Waals surface area contributed by atoms with Gasteiger partial charge in [0.25, 0.3) is 0 Å². The van der Waals surface area contributed by atoms with Crippen LogP contribution >= 0.6 is 11.6 Å². The number of hydrogen-bond donors (Lipinski definition) is 0. The van der Waals surface area contributed by atoms with Crippen molar-refractivity contribution < 1.29 is 9.47 Å². The molecule has 0 radical (unpaired) electrons. The molecule has 0 unspecified atom stereocenters. The summed E-state index contributed by atoms with van der Waals surface area (Å²) in [6, 6.07) is 22.6. The number of benzene rings is 3. The van der Waals surface area contributed by atoms with Gasteiger partial charge in [-0.3, -0.25) is 0 Å². The molecule has 2 atom stereocenters. The summed E-state index contributed by atoms with van der Waals surface area (Å²) < 4.78 is 12.0. The molecule has 0 bridgehead atoms. The molecule has 0 N–H and O–H groups in total. The summed E-state index contributed by atoms with van der Waals surface area (Å²) in [4.78, 5) is 0. The minimum Gasteiger partial charge on any atom is -0.492 e. The maximum absolute atomic E-state index is 6.45. The van der Waals surface area contributed by atoms with Crippen molar-refractivity contribution in [1.82, 2.24) is 5.01 Å². The van der Waals surface area contributed by atoms with E-state index in [4.69, 9.17) is 26.2 Å². The third-order valence-corrected chi connectivity index (χ3v) is 6.01. The number of hydrogen-bond acceptors (Lipinski definition) is 4. The molecular formula is C25H23ClN2O2. The minimum atomic E-state index is -0.262. The van der Waals surface area contributed by atoms with Crippen molar-refractivity contribution in [3.63, 3.8) is 0 Å². The van der Waals surface area contributed by atoms with Gasteiger partial charge in [0.15, 0.2) is 0 Å². The van der Waals surface area contributed by atoms with Gasteiger partial charge in [-0.15, -0.1) is 0 Å².